The molecular weight excluding hydrogens is 500 g/mol. The minimum atomic E-state index is -4.52. The lowest BCUT2D eigenvalue weighted by Crippen LogP contribution is -2.48. The number of fused-ring (bicyclic) bond motifs is 3. The van der Waals surface area contributed by atoms with Gasteiger partial charge in [0.25, 0.3) is 0 Å². The smallest absolute Gasteiger partial charge is 0.339 e. The summed E-state index contributed by atoms with van der Waals surface area (Å²) in [4.78, 5) is 4.43. The van der Waals surface area contributed by atoms with Crippen molar-refractivity contribution in [3.8, 4) is 11.4 Å². The molecule has 3 aliphatic carbocycles. The molecule has 1 aromatic carbocycles. The fourth-order valence-corrected chi connectivity index (χ4v) is 6.10. The Balaban J connectivity index is 1.39. The Morgan fingerprint density at radius 2 is 1.49 bits per heavy atom. The lowest BCUT2D eigenvalue weighted by molar-refractivity contribution is -0.147. The van der Waals surface area contributed by atoms with E-state index < -0.39 is 35.2 Å². The van der Waals surface area contributed by atoms with E-state index in [1.165, 1.54) is 26.0 Å². The third kappa shape index (κ3) is 4.41. The molecule has 37 heavy (non-hydrogen) atoms. The fourth-order valence-electron chi connectivity index (χ4n) is 6.10. The third-order valence-electron chi connectivity index (χ3n) is 8.19. The minimum Gasteiger partial charge on any atom is -0.339 e. The van der Waals surface area contributed by atoms with Gasteiger partial charge in [-0.3, -0.25) is 0 Å². The molecule has 6 nitrogen and oxygen atoms in total. The Hall–Kier alpha value is -2.92. The number of alkyl halides is 6. The second-order valence-corrected chi connectivity index (χ2v) is 11.1. The third-order valence-corrected chi connectivity index (χ3v) is 8.19. The molecule has 6 rings (SSSR count). The van der Waals surface area contributed by atoms with E-state index in [0.717, 1.165) is 6.07 Å². The fraction of sp³-hybridized carbons (Fsp3) is 0.600. The van der Waals surface area contributed by atoms with Crippen LogP contribution in [0.5, 0.6) is 0 Å². The van der Waals surface area contributed by atoms with Gasteiger partial charge in [-0.2, -0.15) is 31.3 Å². The van der Waals surface area contributed by atoms with Gasteiger partial charge < -0.3 is 9.09 Å². The number of hydrogen-bond donors (Lipinski definition) is 0. The standard InChI is InChI=1S/C25H27F6N5O/c1-21(2,14-24(26,27)28)20-32-18(35-37-20)22-8-11-23(12-9-22,13-10-22)19-34-33-17(36(19)3)15-6-4-5-7-16(15)25(29,30)31/h4-7H,8-14H2,1-3H3. The van der Waals surface area contributed by atoms with Crippen LogP contribution in [0, 0.1) is 0 Å². The number of aromatic nitrogens is 5. The summed E-state index contributed by atoms with van der Waals surface area (Å²) in [6.07, 6.45) is -5.85. The highest BCUT2D eigenvalue weighted by Crippen LogP contribution is 2.58. The van der Waals surface area contributed by atoms with E-state index in [9.17, 15) is 26.3 Å². The molecular formula is C25H27F6N5O. The molecule has 0 radical (unpaired) electrons. The number of benzene rings is 1. The zero-order valence-electron chi connectivity index (χ0n) is 20.7. The first-order valence-corrected chi connectivity index (χ1v) is 12.1. The predicted octanol–water partition coefficient (Wildman–Crippen LogP) is 6.66. The molecule has 2 aromatic heterocycles. The van der Waals surface area contributed by atoms with Crippen molar-refractivity contribution in [3.05, 3.63) is 47.4 Å². The van der Waals surface area contributed by atoms with Crippen molar-refractivity contribution in [2.45, 2.75) is 87.4 Å². The van der Waals surface area contributed by atoms with Crippen LogP contribution in [0.25, 0.3) is 11.4 Å². The van der Waals surface area contributed by atoms with Crippen LogP contribution in [0.4, 0.5) is 26.3 Å². The molecule has 0 N–H and O–H groups in total. The normalized spacial score (nSPS) is 24.6. The number of nitrogens with zero attached hydrogens (tertiary/aromatic N) is 5. The van der Waals surface area contributed by atoms with Crippen molar-refractivity contribution in [3.63, 3.8) is 0 Å². The topological polar surface area (TPSA) is 69.6 Å². The molecule has 3 aromatic rings. The highest BCUT2D eigenvalue weighted by molar-refractivity contribution is 5.61. The monoisotopic (exact) mass is 527 g/mol. The van der Waals surface area contributed by atoms with Gasteiger partial charge in [0.15, 0.2) is 11.6 Å². The lowest BCUT2D eigenvalue weighted by Gasteiger charge is -2.51. The molecule has 0 aliphatic heterocycles. The molecule has 0 saturated heterocycles. The average molecular weight is 528 g/mol. The quantitative estimate of drug-likeness (QED) is 0.347. The molecule has 0 spiro atoms. The SMILES string of the molecule is Cn1c(-c2ccccc2C(F)(F)F)nnc1C12CCC(c3noc(C(C)(C)CC(F)(F)F)n3)(CC1)CC2. The molecule has 0 amide bonds. The summed E-state index contributed by atoms with van der Waals surface area (Å²) in [6, 6.07) is 5.32. The maximum absolute atomic E-state index is 13.6. The van der Waals surface area contributed by atoms with Crippen molar-refractivity contribution < 1.29 is 30.9 Å². The first-order chi connectivity index (χ1) is 17.2. The zero-order valence-corrected chi connectivity index (χ0v) is 20.7. The van der Waals surface area contributed by atoms with Crippen LogP contribution in [0.1, 0.15) is 81.9 Å². The summed E-state index contributed by atoms with van der Waals surface area (Å²) in [5.41, 5.74) is -2.87. The van der Waals surface area contributed by atoms with Crippen molar-refractivity contribution in [1.29, 1.82) is 0 Å². The Kier molecular flexibility index (Phi) is 5.76. The predicted molar refractivity (Wildman–Crippen MR) is 120 cm³/mol. The van der Waals surface area contributed by atoms with Crippen LogP contribution in [-0.2, 0) is 29.5 Å². The summed E-state index contributed by atoms with van der Waals surface area (Å²) in [6.45, 7) is 2.87. The Morgan fingerprint density at radius 1 is 0.892 bits per heavy atom. The summed E-state index contributed by atoms with van der Waals surface area (Å²) >= 11 is 0. The molecule has 3 aliphatic rings. The molecule has 3 saturated carbocycles. The Morgan fingerprint density at radius 3 is 2.08 bits per heavy atom. The van der Waals surface area contributed by atoms with Gasteiger partial charge in [-0.05, 0) is 44.6 Å². The average Bonchev–Trinajstić information content (AvgIpc) is 3.47. The second-order valence-electron chi connectivity index (χ2n) is 11.1. The van der Waals surface area contributed by atoms with Gasteiger partial charge in [0.2, 0.25) is 5.89 Å². The molecule has 2 bridgehead atoms. The van der Waals surface area contributed by atoms with E-state index in [2.05, 4.69) is 20.3 Å². The lowest BCUT2D eigenvalue weighted by atomic mass is 9.53. The van der Waals surface area contributed by atoms with Gasteiger partial charge in [-0.15, -0.1) is 10.2 Å². The second kappa shape index (κ2) is 8.29. The van der Waals surface area contributed by atoms with E-state index in [1.54, 1.807) is 17.7 Å². The molecule has 3 fully saturated rings. The molecule has 0 atom stereocenters. The molecule has 12 heteroatoms. The highest BCUT2D eigenvalue weighted by Gasteiger charge is 2.54. The number of hydrogen-bond acceptors (Lipinski definition) is 5. The summed E-state index contributed by atoms with van der Waals surface area (Å²) in [7, 11) is 1.69. The van der Waals surface area contributed by atoms with E-state index in [1.807, 2.05) is 0 Å². The highest BCUT2D eigenvalue weighted by atomic mass is 19.4. The maximum Gasteiger partial charge on any atom is 0.417 e. The van der Waals surface area contributed by atoms with Gasteiger partial charge >= 0.3 is 12.4 Å². The van der Waals surface area contributed by atoms with Crippen LogP contribution in [0.2, 0.25) is 0 Å². The summed E-state index contributed by atoms with van der Waals surface area (Å²) < 4.78 is 86.8. The minimum absolute atomic E-state index is 0.0191. The van der Waals surface area contributed by atoms with Gasteiger partial charge in [-0.1, -0.05) is 37.2 Å². The van der Waals surface area contributed by atoms with Gasteiger partial charge in [0.05, 0.1) is 17.4 Å². The summed E-state index contributed by atoms with van der Waals surface area (Å²) in [5, 5.41) is 12.6. The van der Waals surface area contributed by atoms with Crippen molar-refractivity contribution in [2.24, 2.45) is 7.05 Å². The van der Waals surface area contributed by atoms with Gasteiger partial charge in [0.1, 0.15) is 5.82 Å². The number of halogens is 6. The zero-order chi connectivity index (χ0) is 26.9. The number of rotatable bonds is 5. The van der Waals surface area contributed by atoms with Crippen molar-refractivity contribution in [1.82, 2.24) is 24.9 Å². The maximum atomic E-state index is 13.6. The van der Waals surface area contributed by atoms with E-state index in [0.29, 0.717) is 50.2 Å². The first-order valence-electron chi connectivity index (χ1n) is 12.1. The van der Waals surface area contributed by atoms with Crippen LogP contribution in [0.15, 0.2) is 28.8 Å². The van der Waals surface area contributed by atoms with Gasteiger partial charge in [-0.25, -0.2) is 0 Å². The van der Waals surface area contributed by atoms with Crippen LogP contribution < -0.4 is 0 Å². The first kappa shape index (κ1) is 25.7. The largest absolute Gasteiger partial charge is 0.417 e. The van der Waals surface area contributed by atoms with Crippen LogP contribution in [0.3, 0.4) is 0 Å². The molecule has 200 valence electrons. The Bertz CT molecular complexity index is 1280. The van der Waals surface area contributed by atoms with Crippen LogP contribution in [-0.4, -0.2) is 31.1 Å². The van der Waals surface area contributed by atoms with Crippen molar-refractivity contribution >= 4 is 0 Å². The van der Waals surface area contributed by atoms with E-state index >= 15 is 0 Å². The van der Waals surface area contributed by atoms with Crippen molar-refractivity contribution in [2.75, 3.05) is 0 Å². The Labute approximate surface area is 209 Å². The van der Waals surface area contributed by atoms with Gasteiger partial charge in [0, 0.05) is 23.4 Å². The summed E-state index contributed by atoms with van der Waals surface area (Å²) in [5.74, 6) is 1.21. The van der Waals surface area contributed by atoms with Crippen LogP contribution >= 0.6 is 0 Å². The molecule has 2 heterocycles. The molecule has 0 unspecified atom stereocenters. The van der Waals surface area contributed by atoms with E-state index in [-0.39, 0.29) is 22.7 Å². The van der Waals surface area contributed by atoms with E-state index in [4.69, 9.17) is 4.52 Å².